The minimum atomic E-state index is -0.829. The first-order chi connectivity index (χ1) is 15.8. The molecule has 0 bridgehead atoms. The minimum Gasteiger partial charge on any atom is -0.493 e. The molecule has 1 aliphatic carbocycles. The van der Waals surface area contributed by atoms with Gasteiger partial charge in [-0.3, -0.25) is 4.79 Å². The SMILES string of the molecule is COc1cccc([C@@H]2C(C#N)=C(N)OC3=C2C(=O)CC(C)(C)C3)c1OC(=O)N1CCOCC1. The Morgan fingerprint density at radius 1 is 1.27 bits per heavy atom. The first-order valence-corrected chi connectivity index (χ1v) is 10.8. The quantitative estimate of drug-likeness (QED) is 0.741. The number of para-hydroxylation sites is 1. The average Bonchev–Trinajstić information content (AvgIpc) is 2.78. The molecule has 1 fully saturated rings. The van der Waals surface area contributed by atoms with Gasteiger partial charge >= 0.3 is 6.09 Å². The Kier molecular flexibility index (Phi) is 6.04. The van der Waals surface area contributed by atoms with Gasteiger partial charge in [0.1, 0.15) is 17.4 Å². The lowest BCUT2D eigenvalue weighted by Gasteiger charge is -2.37. The van der Waals surface area contributed by atoms with Crippen LogP contribution in [0, 0.1) is 16.7 Å². The van der Waals surface area contributed by atoms with E-state index in [1.54, 1.807) is 18.2 Å². The molecular weight excluding hydrogens is 426 g/mol. The van der Waals surface area contributed by atoms with Crippen molar-refractivity contribution in [1.29, 1.82) is 5.26 Å². The van der Waals surface area contributed by atoms with Crippen molar-refractivity contribution >= 4 is 11.9 Å². The molecule has 33 heavy (non-hydrogen) atoms. The van der Waals surface area contributed by atoms with Crippen LogP contribution in [0.2, 0.25) is 0 Å². The normalized spacial score (nSPS) is 22.3. The lowest BCUT2D eigenvalue weighted by molar-refractivity contribution is -0.119. The van der Waals surface area contributed by atoms with Crippen LogP contribution < -0.4 is 15.2 Å². The number of Topliss-reactive ketones (excluding diaryl/α,β-unsaturated/α-hetero) is 1. The molecule has 3 aliphatic rings. The molecular formula is C24H27N3O6. The molecule has 174 valence electrons. The Morgan fingerprint density at radius 2 is 2.00 bits per heavy atom. The van der Waals surface area contributed by atoms with Gasteiger partial charge in [0, 0.05) is 37.1 Å². The van der Waals surface area contributed by atoms with E-state index in [4.69, 9.17) is 24.7 Å². The van der Waals surface area contributed by atoms with Crippen molar-refractivity contribution in [2.45, 2.75) is 32.6 Å². The predicted molar refractivity (Wildman–Crippen MR) is 117 cm³/mol. The van der Waals surface area contributed by atoms with Gasteiger partial charge in [-0.2, -0.15) is 5.26 Å². The summed E-state index contributed by atoms with van der Waals surface area (Å²) in [5, 5.41) is 9.91. The van der Waals surface area contributed by atoms with E-state index in [-0.39, 0.29) is 28.4 Å². The largest absolute Gasteiger partial charge is 0.493 e. The first kappa shape index (κ1) is 22.7. The van der Waals surface area contributed by atoms with E-state index in [0.29, 0.717) is 61.8 Å². The number of ketones is 1. The summed E-state index contributed by atoms with van der Waals surface area (Å²) >= 11 is 0. The minimum absolute atomic E-state index is 0.0555. The third kappa shape index (κ3) is 4.26. The molecule has 0 saturated carbocycles. The van der Waals surface area contributed by atoms with Gasteiger partial charge < -0.3 is 29.6 Å². The lowest BCUT2D eigenvalue weighted by Crippen LogP contribution is -2.42. The number of morpholine rings is 1. The van der Waals surface area contributed by atoms with Crippen molar-refractivity contribution in [1.82, 2.24) is 4.90 Å². The zero-order valence-corrected chi connectivity index (χ0v) is 19.0. The molecule has 2 heterocycles. The maximum Gasteiger partial charge on any atom is 0.415 e. The number of hydrogen-bond acceptors (Lipinski definition) is 8. The van der Waals surface area contributed by atoms with E-state index in [9.17, 15) is 14.9 Å². The van der Waals surface area contributed by atoms with E-state index >= 15 is 0 Å². The standard InChI is InChI=1S/C24H27N3O6/c1-24(2)11-16(28)20-18(12-24)32-22(26)15(13-25)19(20)14-5-4-6-17(30-3)21(14)33-23(29)27-7-9-31-10-8-27/h4-6,19H,7-12,26H2,1-3H3/t19-/m1/s1. The summed E-state index contributed by atoms with van der Waals surface area (Å²) in [7, 11) is 1.46. The Morgan fingerprint density at radius 3 is 2.67 bits per heavy atom. The van der Waals surface area contributed by atoms with Crippen LogP contribution in [-0.4, -0.2) is 50.2 Å². The van der Waals surface area contributed by atoms with Crippen LogP contribution in [0.15, 0.2) is 41.0 Å². The van der Waals surface area contributed by atoms with Crippen molar-refractivity contribution < 1.29 is 28.5 Å². The number of rotatable bonds is 3. The monoisotopic (exact) mass is 453 g/mol. The van der Waals surface area contributed by atoms with Crippen molar-refractivity contribution in [2.24, 2.45) is 11.1 Å². The van der Waals surface area contributed by atoms with Gasteiger partial charge in [-0.05, 0) is 11.5 Å². The molecule has 1 atom stereocenters. The third-order valence-electron chi connectivity index (χ3n) is 6.07. The van der Waals surface area contributed by atoms with Crippen LogP contribution in [0.25, 0.3) is 0 Å². The molecule has 0 aromatic heterocycles. The number of benzene rings is 1. The van der Waals surface area contributed by atoms with Gasteiger partial charge in [0.2, 0.25) is 5.88 Å². The maximum atomic E-state index is 13.3. The summed E-state index contributed by atoms with van der Waals surface area (Å²) in [6, 6.07) is 7.18. The number of methoxy groups -OCH3 is 1. The van der Waals surface area contributed by atoms with Gasteiger partial charge in [0.05, 0.1) is 26.2 Å². The predicted octanol–water partition coefficient (Wildman–Crippen LogP) is 2.98. The summed E-state index contributed by atoms with van der Waals surface area (Å²) in [5.41, 5.74) is 6.74. The van der Waals surface area contributed by atoms with E-state index in [1.807, 2.05) is 13.8 Å². The highest BCUT2D eigenvalue weighted by molar-refractivity contribution is 6.00. The lowest BCUT2D eigenvalue weighted by atomic mass is 9.70. The number of allylic oxidation sites excluding steroid dienone is 3. The fourth-order valence-corrected chi connectivity index (χ4v) is 4.52. The van der Waals surface area contributed by atoms with Crippen LogP contribution in [0.4, 0.5) is 4.79 Å². The smallest absolute Gasteiger partial charge is 0.415 e. The second-order valence-electron chi connectivity index (χ2n) is 9.05. The molecule has 2 aliphatic heterocycles. The second-order valence-corrected chi connectivity index (χ2v) is 9.05. The molecule has 0 unspecified atom stereocenters. The molecule has 2 N–H and O–H groups in total. The summed E-state index contributed by atoms with van der Waals surface area (Å²) in [5.74, 6) is -0.105. The van der Waals surface area contributed by atoms with Crippen LogP contribution in [0.5, 0.6) is 11.5 Å². The van der Waals surface area contributed by atoms with Gasteiger partial charge in [-0.1, -0.05) is 26.0 Å². The molecule has 1 aromatic carbocycles. The van der Waals surface area contributed by atoms with E-state index in [1.165, 1.54) is 12.0 Å². The summed E-state index contributed by atoms with van der Waals surface area (Å²) in [6.07, 6.45) is 0.241. The van der Waals surface area contributed by atoms with E-state index in [0.717, 1.165) is 0 Å². The molecule has 1 aromatic rings. The number of amides is 1. The van der Waals surface area contributed by atoms with Crippen LogP contribution in [0.3, 0.4) is 0 Å². The van der Waals surface area contributed by atoms with Gasteiger partial charge in [-0.25, -0.2) is 4.79 Å². The molecule has 4 rings (SSSR count). The highest BCUT2D eigenvalue weighted by atomic mass is 16.6. The zero-order valence-electron chi connectivity index (χ0n) is 19.0. The summed E-state index contributed by atoms with van der Waals surface area (Å²) in [4.78, 5) is 27.7. The summed E-state index contributed by atoms with van der Waals surface area (Å²) in [6.45, 7) is 5.61. The fraction of sp³-hybridized carbons (Fsp3) is 0.458. The Hall–Kier alpha value is -3.51. The molecule has 1 saturated heterocycles. The Balaban J connectivity index is 1.83. The molecule has 1 amide bonds. The number of nitrogens with zero attached hydrogens (tertiary/aromatic N) is 2. The maximum absolute atomic E-state index is 13.3. The Labute approximate surface area is 192 Å². The molecule has 9 nitrogen and oxygen atoms in total. The zero-order chi connectivity index (χ0) is 23.8. The average molecular weight is 453 g/mol. The number of ether oxygens (including phenoxy) is 4. The number of nitrogens with two attached hydrogens (primary N) is 1. The molecule has 0 radical (unpaired) electrons. The number of nitriles is 1. The second kappa shape index (κ2) is 8.79. The van der Waals surface area contributed by atoms with Crippen molar-refractivity contribution in [3.8, 4) is 17.6 Å². The highest BCUT2D eigenvalue weighted by Crippen LogP contribution is 2.50. The number of hydrogen-bond donors (Lipinski definition) is 1. The fourth-order valence-electron chi connectivity index (χ4n) is 4.52. The third-order valence-corrected chi connectivity index (χ3v) is 6.07. The van der Waals surface area contributed by atoms with Crippen molar-refractivity contribution in [3.05, 3.63) is 46.6 Å². The summed E-state index contributed by atoms with van der Waals surface area (Å²) < 4.78 is 22.3. The van der Waals surface area contributed by atoms with Crippen molar-refractivity contribution in [2.75, 3.05) is 33.4 Å². The topological polar surface area (TPSA) is 124 Å². The van der Waals surface area contributed by atoms with Crippen LogP contribution in [-0.2, 0) is 14.3 Å². The van der Waals surface area contributed by atoms with Gasteiger partial charge in [0.25, 0.3) is 0 Å². The van der Waals surface area contributed by atoms with Crippen molar-refractivity contribution in [3.63, 3.8) is 0 Å². The first-order valence-electron chi connectivity index (χ1n) is 10.8. The van der Waals surface area contributed by atoms with Gasteiger partial charge in [-0.15, -0.1) is 0 Å². The number of carbonyl (C=O) groups excluding carboxylic acids is 2. The van der Waals surface area contributed by atoms with Crippen LogP contribution >= 0.6 is 0 Å². The van der Waals surface area contributed by atoms with Crippen LogP contribution in [0.1, 0.15) is 38.2 Å². The number of carbonyl (C=O) groups is 2. The van der Waals surface area contributed by atoms with Gasteiger partial charge in [0.15, 0.2) is 17.3 Å². The molecule has 0 spiro atoms. The van der Waals surface area contributed by atoms with E-state index < -0.39 is 12.0 Å². The van der Waals surface area contributed by atoms with E-state index in [2.05, 4.69) is 6.07 Å². The molecule has 9 heteroatoms. The Bertz CT molecular complexity index is 1090. The highest BCUT2D eigenvalue weighted by Gasteiger charge is 2.44.